The second-order valence-electron chi connectivity index (χ2n) is 2.78. The fourth-order valence-electron chi connectivity index (χ4n) is 1.21. The topological polar surface area (TPSA) is 29.5 Å². The highest BCUT2D eigenvalue weighted by Crippen LogP contribution is 2.25. The van der Waals surface area contributed by atoms with Gasteiger partial charge in [-0.05, 0) is 12.8 Å². The molecule has 0 unspecified atom stereocenters. The zero-order valence-electron chi connectivity index (χ0n) is 6.87. The third kappa shape index (κ3) is 2.44. The molecule has 2 nitrogen and oxygen atoms in total. The van der Waals surface area contributed by atoms with Crippen LogP contribution < -0.4 is 0 Å². The second kappa shape index (κ2) is 4.80. The van der Waals surface area contributed by atoms with Crippen molar-refractivity contribution in [2.45, 2.75) is 25.0 Å². The molecule has 1 aliphatic rings. The quantitative estimate of drug-likeness (QED) is 0.755. The molecule has 0 fully saturated rings. The maximum atomic E-state index is 9.54. The van der Waals surface area contributed by atoms with E-state index in [0.29, 0.717) is 6.61 Å². The van der Waals surface area contributed by atoms with Gasteiger partial charge in [-0.25, -0.2) is 0 Å². The number of aliphatic hydroxyl groups excluding tert-OH is 1. The van der Waals surface area contributed by atoms with Crippen molar-refractivity contribution in [1.29, 1.82) is 0 Å². The molecule has 0 amide bonds. The number of hydrogen-bond acceptors (Lipinski definition) is 2. The van der Waals surface area contributed by atoms with Crippen molar-refractivity contribution >= 4 is 15.9 Å². The summed E-state index contributed by atoms with van der Waals surface area (Å²) in [5.41, 5.74) is 0. The Balaban J connectivity index is 2.51. The van der Waals surface area contributed by atoms with E-state index in [-0.39, 0.29) is 12.2 Å². The Morgan fingerprint density at radius 1 is 1.83 bits per heavy atom. The predicted octanol–water partition coefficient (Wildman–Crippen LogP) is 1.99. The smallest absolute Gasteiger partial charge is 0.115 e. The molecule has 0 saturated carbocycles. The lowest BCUT2D eigenvalue weighted by Crippen LogP contribution is -2.31. The average molecular weight is 233 g/mol. The highest BCUT2D eigenvalue weighted by Gasteiger charge is 2.24. The standard InChI is InChI=1S/C9H13BrO2/c1-2-6-12-9-7(10)4-3-5-8(9)11/h2,4,8-9,11H,1,3,5-6H2/t8-,9+/m0/s1. The van der Waals surface area contributed by atoms with Crippen LogP contribution in [0.3, 0.4) is 0 Å². The summed E-state index contributed by atoms with van der Waals surface area (Å²) < 4.78 is 6.32. The van der Waals surface area contributed by atoms with Gasteiger partial charge in [-0.1, -0.05) is 28.1 Å². The van der Waals surface area contributed by atoms with E-state index in [4.69, 9.17) is 4.74 Å². The Kier molecular flexibility index (Phi) is 3.98. The summed E-state index contributed by atoms with van der Waals surface area (Å²) in [4.78, 5) is 0. The van der Waals surface area contributed by atoms with E-state index < -0.39 is 0 Å². The summed E-state index contributed by atoms with van der Waals surface area (Å²) in [6, 6.07) is 0. The minimum absolute atomic E-state index is 0.197. The Morgan fingerprint density at radius 3 is 3.17 bits per heavy atom. The van der Waals surface area contributed by atoms with Gasteiger partial charge in [0, 0.05) is 4.48 Å². The summed E-state index contributed by atoms with van der Waals surface area (Å²) in [5.74, 6) is 0. The number of rotatable bonds is 3. The Labute approximate surface area is 81.0 Å². The van der Waals surface area contributed by atoms with E-state index in [9.17, 15) is 5.11 Å². The predicted molar refractivity (Wildman–Crippen MR) is 52.2 cm³/mol. The summed E-state index contributed by atoms with van der Waals surface area (Å²) in [7, 11) is 0. The van der Waals surface area contributed by atoms with Crippen molar-refractivity contribution in [1.82, 2.24) is 0 Å². The Morgan fingerprint density at radius 2 is 2.58 bits per heavy atom. The summed E-state index contributed by atoms with van der Waals surface area (Å²) in [6.07, 6.45) is 4.83. The Bertz CT molecular complexity index is 189. The van der Waals surface area contributed by atoms with Crippen LogP contribution in [0.4, 0.5) is 0 Å². The molecule has 0 bridgehead atoms. The molecule has 1 aliphatic carbocycles. The average Bonchev–Trinajstić information content (AvgIpc) is 2.04. The summed E-state index contributed by atoms with van der Waals surface area (Å²) in [6.45, 7) is 4.03. The van der Waals surface area contributed by atoms with Gasteiger partial charge in [0.25, 0.3) is 0 Å². The maximum Gasteiger partial charge on any atom is 0.115 e. The second-order valence-corrected chi connectivity index (χ2v) is 3.69. The van der Waals surface area contributed by atoms with Crippen molar-refractivity contribution in [3.05, 3.63) is 23.2 Å². The minimum atomic E-state index is -0.385. The lowest BCUT2D eigenvalue weighted by molar-refractivity contribution is -0.00740. The number of allylic oxidation sites excluding steroid dienone is 1. The fraction of sp³-hybridized carbons (Fsp3) is 0.556. The molecule has 1 N–H and O–H groups in total. The van der Waals surface area contributed by atoms with Crippen molar-refractivity contribution in [3.63, 3.8) is 0 Å². The van der Waals surface area contributed by atoms with E-state index in [1.165, 1.54) is 0 Å². The lowest BCUT2D eigenvalue weighted by atomic mass is 10.0. The molecule has 0 saturated heterocycles. The summed E-state index contributed by atoms with van der Waals surface area (Å²) in [5, 5.41) is 9.54. The van der Waals surface area contributed by atoms with E-state index in [0.717, 1.165) is 17.3 Å². The Hall–Kier alpha value is -0.120. The molecular weight excluding hydrogens is 220 g/mol. The number of aliphatic hydroxyl groups is 1. The highest BCUT2D eigenvalue weighted by atomic mass is 79.9. The van der Waals surface area contributed by atoms with Crippen LogP contribution in [0, 0.1) is 0 Å². The molecule has 3 heteroatoms. The van der Waals surface area contributed by atoms with Gasteiger partial charge >= 0.3 is 0 Å². The van der Waals surface area contributed by atoms with Gasteiger partial charge in [0.2, 0.25) is 0 Å². The largest absolute Gasteiger partial charge is 0.390 e. The molecule has 0 radical (unpaired) electrons. The molecule has 0 aromatic carbocycles. The van der Waals surface area contributed by atoms with Gasteiger partial charge < -0.3 is 9.84 Å². The molecule has 0 spiro atoms. The summed E-state index contributed by atoms with van der Waals surface area (Å²) >= 11 is 3.37. The fourth-order valence-corrected chi connectivity index (χ4v) is 1.87. The first-order valence-electron chi connectivity index (χ1n) is 4.02. The van der Waals surface area contributed by atoms with Crippen LogP contribution in [0.2, 0.25) is 0 Å². The van der Waals surface area contributed by atoms with Gasteiger partial charge in [-0.15, -0.1) is 6.58 Å². The molecule has 0 heterocycles. The molecule has 0 aliphatic heterocycles. The van der Waals surface area contributed by atoms with Crippen LogP contribution in [-0.4, -0.2) is 23.9 Å². The monoisotopic (exact) mass is 232 g/mol. The zero-order chi connectivity index (χ0) is 8.97. The van der Waals surface area contributed by atoms with Crippen LogP contribution in [0.15, 0.2) is 23.2 Å². The van der Waals surface area contributed by atoms with E-state index >= 15 is 0 Å². The van der Waals surface area contributed by atoms with Crippen LogP contribution in [0.5, 0.6) is 0 Å². The van der Waals surface area contributed by atoms with Crippen LogP contribution in [0.1, 0.15) is 12.8 Å². The van der Waals surface area contributed by atoms with Gasteiger partial charge in [0.1, 0.15) is 6.10 Å². The highest BCUT2D eigenvalue weighted by molar-refractivity contribution is 9.11. The van der Waals surface area contributed by atoms with Crippen LogP contribution in [-0.2, 0) is 4.74 Å². The lowest BCUT2D eigenvalue weighted by Gasteiger charge is -2.25. The van der Waals surface area contributed by atoms with Crippen molar-refractivity contribution in [2.75, 3.05) is 6.61 Å². The SMILES string of the molecule is C=CCO[C@@H]1C(Br)=CCC[C@@H]1O. The van der Waals surface area contributed by atoms with E-state index in [1.54, 1.807) is 6.08 Å². The first-order chi connectivity index (χ1) is 5.75. The maximum absolute atomic E-state index is 9.54. The molecule has 0 aromatic rings. The zero-order valence-corrected chi connectivity index (χ0v) is 8.46. The normalized spacial score (nSPS) is 29.7. The molecule has 2 atom stereocenters. The van der Waals surface area contributed by atoms with Crippen LogP contribution >= 0.6 is 15.9 Å². The molecule has 1 rings (SSSR count). The van der Waals surface area contributed by atoms with Crippen molar-refractivity contribution < 1.29 is 9.84 Å². The first-order valence-corrected chi connectivity index (χ1v) is 4.81. The van der Waals surface area contributed by atoms with E-state index in [1.807, 2.05) is 6.08 Å². The number of halogens is 1. The van der Waals surface area contributed by atoms with Gasteiger partial charge in [0.05, 0.1) is 12.7 Å². The van der Waals surface area contributed by atoms with E-state index in [2.05, 4.69) is 22.5 Å². The molecule has 12 heavy (non-hydrogen) atoms. The molecule has 68 valence electrons. The van der Waals surface area contributed by atoms with Crippen LogP contribution in [0.25, 0.3) is 0 Å². The van der Waals surface area contributed by atoms with Gasteiger partial charge in [-0.3, -0.25) is 0 Å². The van der Waals surface area contributed by atoms with Gasteiger partial charge in [-0.2, -0.15) is 0 Å². The first kappa shape index (κ1) is 9.96. The number of ether oxygens (including phenoxy) is 1. The van der Waals surface area contributed by atoms with Crippen molar-refractivity contribution in [2.24, 2.45) is 0 Å². The molecule has 0 aromatic heterocycles. The minimum Gasteiger partial charge on any atom is -0.390 e. The molecular formula is C9H13BrO2. The van der Waals surface area contributed by atoms with Gasteiger partial charge in [0.15, 0.2) is 0 Å². The third-order valence-corrected chi connectivity index (χ3v) is 2.59. The number of hydrogen-bond donors (Lipinski definition) is 1. The third-order valence-electron chi connectivity index (χ3n) is 1.82. The van der Waals surface area contributed by atoms with Crippen molar-refractivity contribution in [3.8, 4) is 0 Å².